The second-order valence-electron chi connectivity index (χ2n) is 4.00. The lowest BCUT2D eigenvalue weighted by molar-refractivity contribution is -0.113. The van der Waals surface area contributed by atoms with Gasteiger partial charge in [-0.05, 0) is 31.5 Å². The van der Waals surface area contributed by atoms with Gasteiger partial charge in [0.25, 0.3) is 0 Å². The molecule has 0 unspecified atom stereocenters. The normalized spacial score (nSPS) is 10.4. The van der Waals surface area contributed by atoms with Crippen molar-refractivity contribution >= 4 is 40.4 Å². The summed E-state index contributed by atoms with van der Waals surface area (Å²) in [4.78, 5) is 11.8. The molecule has 0 saturated carbocycles. The second kappa shape index (κ2) is 6.03. The number of amides is 1. The summed E-state index contributed by atoms with van der Waals surface area (Å²) < 4.78 is 0.803. The van der Waals surface area contributed by atoms with Gasteiger partial charge in [-0.3, -0.25) is 4.79 Å². The van der Waals surface area contributed by atoms with Gasteiger partial charge in [-0.1, -0.05) is 29.2 Å². The maximum atomic E-state index is 11.8. The number of thioether (sulfide) groups is 1. The highest BCUT2D eigenvalue weighted by Crippen LogP contribution is 2.23. The molecule has 1 aromatic heterocycles. The van der Waals surface area contributed by atoms with E-state index in [4.69, 9.17) is 5.73 Å². The lowest BCUT2D eigenvalue weighted by atomic mass is 10.2. The molecular formula is C12H14N4OS2. The summed E-state index contributed by atoms with van der Waals surface area (Å²) in [7, 11) is 0. The lowest BCUT2D eigenvalue weighted by Crippen LogP contribution is -2.15. The number of nitrogens with one attached hydrogen (secondary N) is 1. The van der Waals surface area contributed by atoms with Crippen LogP contribution in [0.5, 0.6) is 0 Å². The van der Waals surface area contributed by atoms with Crippen molar-refractivity contribution < 1.29 is 4.79 Å². The Hall–Kier alpha value is -1.60. The van der Waals surface area contributed by atoms with Gasteiger partial charge in [0, 0.05) is 11.4 Å². The zero-order valence-electron chi connectivity index (χ0n) is 10.6. The number of aromatic nitrogens is 2. The third-order valence-corrected chi connectivity index (χ3v) is 4.34. The molecule has 1 amide bonds. The zero-order valence-corrected chi connectivity index (χ0v) is 12.3. The van der Waals surface area contributed by atoms with Gasteiger partial charge in [0.1, 0.15) is 5.01 Å². The van der Waals surface area contributed by atoms with Crippen LogP contribution < -0.4 is 11.1 Å². The van der Waals surface area contributed by atoms with Crippen molar-refractivity contribution in [3.63, 3.8) is 0 Å². The quantitative estimate of drug-likeness (QED) is 0.669. The van der Waals surface area contributed by atoms with Crippen molar-refractivity contribution in [1.29, 1.82) is 0 Å². The van der Waals surface area contributed by atoms with Gasteiger partial charge in [-0.2, -0.15) is 0 Å². The van der Waals surface area contributed by atoms with E-state index in [9.17, 15) is 4.79 Å². The van der Waals surface area contributed by atoms with E-state index in [1.807, 2.05) is 26.0 Å². The first-order valence-electron chi connectivity index (χ1n) is 5.63. The summed E-state index contributed by atoms with van der Waals surface area (Å²) >= 11 is 2.86. The van der Waals surface area contributed by atoms with Crippen LogP contribution in [-0.4, -0.2) is 21.9 Å². The van der Waals surface area contributed by atoms with Crippen molar-refractivity contribution in [1.82, 2.24) is 10.2 Å². The fourth-order valence-corrected chi connectivity index (χ4v) is 3.04. The molecule has 100 valence electrons. The van der Waals surface area contributed by atoms with E-state index < -0.39 is 0 Å². The largest absolute Gasteiger partial charge is 0.399 e. The number of nitrogens with zero attached hydrogens (tertiary/aromatic N) is 2. The molecule has 0 bridgehead atoms. The highest BCUT2D eigenvalue weighted by Gasteiger charge is 2.08. The molecule has 0 fully saturated rings. The first kappa shape index (κ1) is 13.8. The SMILES string of the molecule is Cc1nnc(SCC(=O)Nc2cc(N)ccc2C)s1. The number of nitrogen functional groups attached to an aromatic ring is 1. The summed E-state index contributed by atoms with van der Waals surface area (Å²) in [6.45, 7) is 3.81. The Labute approximate surface area is 119 Å². The van der Waals surface area contributed by atoms with Gasteiger partial charge in [0.05, 0.1) is 5.75 Å². The lowest BCUT2D eigenvalue weighted by Gasteiger charge is -2.08. The molecule has 19 heavy (non-hydrogen) atoms. The van der Waals surface area contributed by atoms with Gasteiger partial charge in [-0.25, -0.2) is 0 Å². The van der Waals surface area contributed by atoms with Gasteiger partial charge in [0.15, 0.2) is 4.34 Å². The number of hydrogen-bond acceptors (Lipinski definition) is 6. The van der Waals surface area contributed by atoms with E-state index in [1.165, 1.54) is 23.1 Å². The average Bonchev–Trinajstić information content (AvgIpc) is 2.77. The molecule has 0 aliphatic rings. The predicted octanol–water partition coefficient (Wildman–Crippen LogP) is 2.47. The van der Waals surface area contributed by atoms with Crippen LogP contribution in [0.1, 0.15) is 10.6 Å². The maximum Gasteiger partial charge on any atom is 0.234 e. The van der Waals surface area contributed by atoms with Crippen molar-refractivity contribution in [2.75, 3.05) is 16.8 Å². The van der Waals surface area contributed by atoms with E-state index in [0.717, 1.165) is 20.6 Å². The molecule has 7 heteroatoms. The van der Waals surface area contributed by atoms with Gasteiger partial charge < -0.3 is 11.1 Å². The Morgan fingerprint density at radius 3 is 2.89 bits per heavy atom. The Morgan fingerprint density at radius 2 is 2.21 bits per heavy atom. The Balaban J connectivity index is 1.92. The number of carbonyl (C=O) groups is 1. The summed E-state index contributed by atoms with van der Waals surface area (Å²) in [6.07, 6.45) is 0. The number of hydrogen-bond donors (Lipinski definition) is 2. The standard InChI is InChI=1S/C12H14N4OS2/c1-7-3-4-9(13)5-10(7)14-11(17)6-18-12-16-15-8(2)19-12/h3-5H,6,13H2,1-2H3,(H,14,17). The number of nitrogens with two attached hydrogens (primary N) is 1. The number of carbonyl (C=O) groups excluding carboxylic acids is 1. The third-order valence-electron chi connectivity index (χ3n) is 2.37. The van der Waals surface area contributed by atoms with E-state index >= 15 is 0 Å². The van der Waals surface area contributed by atoms with Crippen LogP contribution in [0.2, 0.25) is 0 Å². The molecule has 0 aliphatic heterocycles. The minimum Gasteiger partial charge on any atom is -0.399 e. The molecule has 0 spiro atoms. The monoisotopic (exact) mass is 294 g/mol. The highest BCUT2D eigenvalue weighted by molar-refractivity contribution is 8.01. The van der Waals surface area contributed by atoms with E-state index in [-0.39, 0.29) is 5.91 Å². The molecule has 0 aliphatic carbocycles. The van der Waals surface area contributed by atoms with Crippen LogP contribution >= 0.6 is 23.1 Å². The molecular weight excluding hydrogens is 280 g/mol. The maximum absolute atomic E-state index is 11.8. The summed E-state index contributed by atoms with van der Waals surface area (Å²) in [5.74, 6) is 0.231. The topological polar surface area (TPSA) is 80.9 Å². The smallest absolute Gasteiger partial charge is 0.234 e. The van der Waals surface area contributed by atoms with Crippen molar-refractivity contribution in [2.24, 2.45) is 0 Å². The van der Waals surface area contributed by atoms with Crippen LogP contribution in [0.3, 0.4) is 0 Å². The minimum atomic E-state index is -0.0773. The fraction of sp³-hybridized carbons (Fsp3) is 0.250. The Bertz CT molecular complexity index is 597. The molecule has 1 aromatic carbocycles. The van der Waals surface area contributed by atoms with Gasteiger partial charge >= 0.3 is 0 Å². The number of benzene rings is 1. The highest BCUT2D eigenvalue weighted by atomic mass is 32.2. The van der Waals surface area contributed by atoms with Gasteiger partial charge in [-0.15, -0.1) is 10.2 Å². The molecule has 5 nitrogen and oxygen atoms in total. The van der Waals surface area contributed by atoms with E-state index in [2.05, 4.69) is 15.5 Å². The average molecular weight is 294 g/mol. The summed E-state index contributed by atoms with van der Waals surface area (Å²) in [5, 5.41) is 11.6. The van der Waals surface area contributed by atoms with E-state index in [0.29, 0.717) is 11.4 Å². The molecule has 1 heterocycles. The third kappa shape index (κ3) is 3.93. The van der Waals surface area contributed by atoms with Crippen LogP contribution in [-0.2, 0) is 4.79 Å². The number of rotatable bonds is 4. The van der Waals surface area contributed by atoms with Crippen molar-refractivity contribution in [3.05, 3.63) is 28.8 Å². The minimum absolute atomic E-state index is 0.0773. The molecule has 2 rings (SSSR count). The van der Waals surface area contributed by atoms with Crippen molar-refractivity contribution in [2.45, 2.75) is 18.2 Å². The first-order chi connectivity index (χ1) is 9.04. The van der Waals surface area contributed by atoms with Crippen molar-refractivity contribution in [3.8, 4) is 0 Å². The Kier molecular flexibility index (Phi) is 4.39. The summed E-state index contributed by atoms with van der Waals surface area (Å²) in [6, 6.07) is 5.45. The van der Waals surface area contributed by atoms with Crippen LogP contribution in [0, 0.1) is 13.8 Å². The Morgan fingerprint density at radius 1 is 1.42 bits per heavy atom. The molecule has 3 N–H and O–H groups in total. The second-order valence-corrected chi connectivity index (χ2v) is 6.40. The fourth-order valence-electron chi connectivity index (χ4n) is 1.42. The number of aryl methyl sites for hydroxylation is 2. The predicted molar refractivity (Wildman–Crippen MR) is 79.6 cm³/mol. The van der Waals surface area contributed by atoms with Crippen LogP contribution in [0.4, 0.5) is 11.4 Å². The van der Waals surface area contributed by atoms with E-state index in [1.54, 1.807) is 6.07 Å². The summed E-state index contributed by atoms with van der Waals surface area (Å²) in [5.41, 5.74) is 8.07. The van der Waals surface area contributed by atoms with Crippen LogP contribution in [0.25, 0.3) is 0 Å². The molecule has 0 radical (unpaired) electrons. The molecule has 2 aromatic rings. The molecule has 0 atom stereocenters. The zero-order chi connectivity index (χ0) is 13.8. The van der Waals surface area contributed by atoms with Gasteiger partial charge in [0.2, 0.25) is 5.91 Å². The molecule has 0 saturated heterocycles. The van der Waals surface area contributed by atoms with Crippen LogP contribution in [0.15, 0.2) is 22.5 Å². The number of anilines is 2. The first-order valence-corrected chi connectivity index (χ1v) is 7.43.